The summed E-state index contributed by atoms with van der Waals surface area (Å²) in [5.41, 5.74) is 0.289. The zero-order chi connectivity index (χ0) is 20.1. The Balaban J connectivity index is 1.88. The highest BCUT2D eigenvalue weighted by atomic mass is 16.5. The van der Waals surface area contributed by atoms with Crippen molar-refractivity contribution in [2.75, 3.05) is 21.3 Å². The number of carbonyl (C=O) groups excluding carboxylic acids is 1. The average Bonchev–Trinajstić information content (AvgIpc) is 3.25. The van der Waals surface area contributed by atoms with Crippen LogP contribution in [0.25, 0.3) is 0 Å². The van der Waals surface area contributed by atoms with E-state index in [0.29, 0.717) is 17.9 Å². The Kier molecular flexibility index (Phi) is 6.33. The van der Waals surface area contributed by atoms with E-state index in [2.05, 4.69) is 6.07 Å². The molecule has 3 rings (SSSR count). The van der Waals surface area contributed by atoms with E-state index in [0.717, 1.165) is 37.7 Å². The Morgan fingerprint density at radius 3 is 2.57 bits per heavy atom. The van der Waals surface area contributed by atoms with Crippen LogP contribution >= 0.6 is 0 Å². The highest BCUT2D eigenvalue weighted by Gasteiger charge is 2.41. The standard InChI is InChI=1S/C22H30N2O4/c1-24(21(25)27-3)17-7-6-12-22(14-17,15-23)16-10-11-19(26-2)20(13-16)28-18-8-4-5-9-18/h10-11,13,17-18H,4-9,12,14H2,1-3H3/t17-,22+/m1/s1. The van der Waals surface area contributed by atoms with E-state index in [1.165, 1.54) is 20.0 Å². The van der Waals surface area contributed by atoms with Gasteiger partial charge in [0.2, 0.25) is 0 Å². The summed E-state index contributed by atoms with van der Waals surface area (Å²) in [6.07, 6.45) is 7.46. The first-order valence-electron chi connectivity index (χ1n) is 10.1. The summed E-state index contributed by atoms with van der Waals surface area (Å²) in [6.45, 7) is 0. The zero-order valence-corrected chi connectivity index (χ0v) is 17.1. The molecule has 0 radical (unpaired) electrons. The molecule has 0 bridgehead atoms. The summed E-state index contributed by atoms with van der Waals surface area (Å²) in [5, 5.41) is 10.1. The van der Waals surface area contributed by atoms with E-state index >= 15 is 0 Å². The van der Waals surface area contributed by atoms with Gasteiger partial charge in [0.25, 0.3) is 0 Å². The Morgan fingerprint density at radius 1 is 1.18 bits per heavy atom. The van der Waals surface area contributed by atoms with Crippen LogP contribution in [-0.4, -0.2) is 44.4 Å². The average molecular weight is 386 g/mol. The smallest absolute Gasteiger partial charge is 0.409 e. The molecule has 2 saturated carbocycles. The minimum atomic E-state index is -0.648. The van der Waals surface area contributed by atoms with Crippen LogP contribution in [0.4, 0.5) is 4.79 Å². The third-order valence-corrected chi connectivity index (χ3v) is 6.26. The number of nitrogens with zero attached hydrogens (tertiary/aromatic N) is 2. The van der Waals surface area contributed by atoms with Gasteiger partial charge in [0.1, 0.15) is 0 Å². The van der Waals surface area contributed by atoms with Gasteiger partial charge in [-0.05, 0) is 69.1 Å². The molecule has 2 atom stereocenters. The molecule has 0 aliphatic heterocycles. The molecular weight excluding hydrogens is 356 g/mol. The molecule has 0 N–H and O–H groups in total. The molecule has 1 aromatic carbocycles. The van der Waals surface area contributed by atoms with Gasteiger partial charge in [-0.2, -0.15) is 5.26 Å². The molecule has 2 aliphatic carbocycles. The van der Waals surface area contributed by atoms with Gasteiger partial charge in [0.05, 0.1) is 31.8 Å². The van der Waals surface area contributed by atoms with Crippen molar-refractivity contribution in [1.29, 1.82) is 5.26 Å². The molecule has 28 heavy (non-hydrogen) atoms. The monoisotopic (exact) mass is 386 g/mol. The molecule has 2 aliphatic rings. The highest BCUT2D eigenvalue weighted by Crippen LogP contribution is 2.43. The Morgan fingerprint density at radius 2 is 1.93 bits per heavy atom. The zero-order valence-electron chi connectivity index (χ0n) is 17.1. The maximum absolute atomic E-state index is 12.0. The van der Waals surface area contributed by atoms with Crippen LogP contribution in [0.15, 0.2) is 18.2 Å². The lowest BCUT2D eigenvalue weighted by Gasteiger charge is -2.39. The summed E-state index contributed by atoms with van der Waals surface area (Å²) in [4.78, 5) is 13.6. The van der Waals surface area contributed by atoms with E-state index in [-0.39, 0.29) is 18.2 Å². The van der Waals surface area contributed by atoms with E-state index in [1.54, 1.807) is 19.1 Å². The summed E-state index contributed by atoms with van der Waals surface area (Å²) in [6, 6.07) is 8.36. The number of carbonyl (C=O) groups is 1. The Labute approximate surface area is 167 Å². The largest absolute Gasteiger partial charge is 0.493 e. The summed E-state index contributed by atoms with van der Waals surface area (Å²) in [7, 11) is 4.76. The molecule has 6 nitrogen and oxygen atoms in total. The fraction of sp³-hybridized carbons (Fsp3) is 0.636. The number of rotatable bonds is 5. The maximum atomic E-state index is 12.0. The number of benzene rings is 1. The molecule has 0 spiro atoms. The van der Waals surface area contributed by atoms with Crippen molar-refractivity contribution in [3.63, 3.8) is 0 Å². The molecule has 1 aromatic rings. The number of methoxy groups -OCH3 is 2. The fourth-order valence-corrected chi connectivity index (χ4v) is 4.55. The number of amides is 1. The van der Waals surface area contributed by atoms with Gasteiger partial charge in [0.15, 0.2) is 11.5 Å². The molecule has 1 amide bonds. The lowest BCUT2D eigenvalue weighted by atomic mass is 9.68. The molecule has 2 fully saturated rings. The Hall–Kier alpha value is -2.42. The second-order valence-corrected chi connectivity index (χ2v) is 7.91. The number of hydrogen-bond donors (Lipinski definition) is 0. The molecule has 152 valence electrons. The summed E-state index contributed by atoms with van der Waals surface area (Å²) in [5.74, 6) is 1.41. The van der Waals surface area contributed by atoms with Gasteiger partial charge in [-0.1, -0.05) is 6.07 Å². The van der Waals surface area contributed by atoms with Crippen LogP contribution < -0.4 is 9.47 Å². The molecule has 0 saturated heterocycles. The molecule has 0 heterocycles. The van der Waals surface area contributed by atoms with E-state index in [4.69, 9.17) is 14.2 Å². The van der Waals surface area contributed by atoms with Crippen molar-refractivity contribution in [2.45, 2.75) is 68.9 Å². The van der Waals surface area contributed by atoms with Crippen LogP contribution in [0.3, 0.4) is 0 Å². The van der Waals surface area contributed by atoms with Gasteiger partial charge in [0, 0.05) is 13.1 Å². The third-order valence-electron chi connectivity index (χ3n) is 6.26. The SMILES string of the molecule is COC(=O)N(C)[C@@H]1CCC[C@](C#N)(c2ccc(OC)c(OC3CCCC3)c2)C1. The third kappa shape index (κ3) is 4.04. The van der Waals surface area contributed by atoms with E-state index < -0.39 is 5.41 Å². The number of hydrogen-bond acceptors (Lipinski definition) is 5. The van der Waals surface area contributed by atoms with Crippen molar-refractivity contribution in [1.82, 2.24) is 4.90 Å². The first-order valence-corrected chi connectivity index (χ1v) is 10.1. The van der Waals surface area contributed by atoms with Gasteiger partial charge < -0.3 is 19.1 Å². The summed E-state index contributed by atoms with van der Waals surface area (Å²) < 4.78 is 16.6. The van der Waals surface area contributed by atoms with Crippen LogP contribution in [0.1, 0.15) is 56.9 Å². The second-order valence-electron chi connectivity index (χ2n) is 7.91. The number of nitriles is 1. The van der Waals surface area contributed by atoms with Crippen LogP contribution in [0.5, 0.6) is 11.5 Å². The minimum Gasteiger partial charge on any atom is -0.493 e. The van der Waals surface area contributed by atoms with Gasteiger partial charge >= 0.3 is 6.09 Å². The van der Waals surface area contributed by atoms with Gasteiger partial charge in [-0.15, -0.1) is 0 Å². The van der Waals surface area contributed by atoms with Crippen molar-refractivity contribution in [3.05, 3.63) is 23.8 Å². The molecule has 6 heteroatoms. The van der Waals surface area contributed by atoms with Crippen molar-refractivity contribution in [2.24, 2.45) is 0 Å². The van der Waals surface area contributed by atoms with Crippen LogP contribution in [0.2, 0.25) is 0 Å². The van der Waals surface area contributed by atoms with E-state index in [9.17, 15) is 10.1 Å². The predicted molar refractivity (Wildman–Crippen MR) is 106 cm³/mol. The van der Waals surface area contributed by atoms with Crippen molar-refractivity contribution >= 4 is 6.09 Å². The molecule has 0 unspecified atom stereocenters. The lowest BCUT2D eigenvalue weighted by Crippen LogP contribution is -2.44. The van der Waals surface area contributed by atoms with Crippen molar-refractivity contribution < 1.29 is 19.0 Å². The summed E-state index contributed by atoms with van der Waals surface area (Å²) >= 11 is 0. The normalized spacial score (nSPS) is 25.0. The van der Waals surface area contributed by atoms with Crippen LogP contribution in [-0.2, 0) is 10.2 Å². The quantitative estimate of drug-likeness (QED) is 0.749. The molecular formula is C22H30N2O4. The van der Waals surface area contributed by atoms with Gasteiger partial charge in [-0.25, -0.2) is 4.79 Å². The van der Waals surface area contributed by atoms with Gasteiger partial charge in [-0.3, -0.25) is 0 Å². The van der Waals surface area contributed by atoms with Crippen LogP contribution in [0, 0.1) is 11.3 Å². The minimum absolute atomic E-state index is 0.0258. The maximum Gasteiger partial charge on any atom is 0.409 e. The van der Waals surface area contributed by atoms with E-state index in [1.807, 2.05) is 18.2 Å². The van der Waals surface area contributed by atoms with Crippen molar-refractivity contribution in [3.8, 4) is 17.6 Å². The number of ether oxygens (including phenoxy) is 3. The first-order chi connectivity index (χ1) is 13.5. The fourth-order valence-electron chi connectivity index (χ4n) is 4.55. The first kappa shape index (κ1) is 20.3. The topological polar surface area (TPSA) is 71.8 Å². The predicted octanol–water partition coefficient (Wildman–Crippen LogP) is 4.42. The highest BCUT2D eigenvalue weighted by molar-refractivity contribution is 5.67. The lowest BCUT2D eigenvalue weighted by molar-refractivity contribution is 0.0994. The second kappa shape index (κ2) is 8.72. The molecule has 0 aromatic heterocycles. The Bertz CT molecular complexity index is 739.